The van der Waals surface area contributed by atoms with Crippen molar-refractivity contribution in [3.8, 4) is 0 Å². The predicted molar refractivity (Wildman–Crippen MR) is 104 cm³/mol. The van der Waals surface area contributed by atoms with Gasteiger partial charge in [0.1, 0.15) is 0 Å². The summed E-state index contributed by atoms with van der Waals surface area (Å²) in [5.74, 6) is 3.23. The number of hydrogen-bond acceptors (Lipinski definition) is 3. The number of guanidine groups is 1. The minimum Gasteiger partial charge on any atom is -0.356 e. The number of nitrogens with one attached hydrogen (secondary N) is 1. The molecule has 2 aliphatic heterocycles. The van der Waals surface area contributed by atoms with Crippen LogP contribution >= 0.6 is 11.8 Å². The van der Waals surface area contributed by atoms with Crippen molar-refractivity contribution in [3.05, 3.63) is 0 Å². The summed E-state index contributed by atoms with van der Waals surface area (Å²) in [5.41, 5.74) is 0. The molecule has 2 fully saturated rings. The van der Waals surface area contributed by atoms with Crippen molar-refractivity contribution in [1.82, 2.24) is 15.1 Å². The van der Waals surface area contributed by atoms with E-state index in [0.29, 0.717) is 0 Å². The van der Waals surface area contributed by atoms with Gasteiger partial charge in [0.2, 0.25) is 0 Å². The second kappa shape index (κ2) is 10.4. The third-order valence-corrected chi connectivity index (χ3v) is 6.40. The van der Waals surface area contributed by atoms with E-state index >= 15 is 0 Å². The van der Waals surface area contributed by atoms with Crippen LogP contribution in [0, 0.1) is 5.92 Å². The van der Waals surface area contributed by atoms with E-state index in [-0.39, 0.29) is 0 Å². The van der Waals surface area contributed by atoms with Crippen LogP contribution < -0.4 is 5.32 Å². The Hall–Kier alpha value is -0.420. The highest BCUT2D eigenvalue weighted by molar-refractivity contribution is 8.00. The first-order chi connectivity index (χ1) is 11.2. The smallest absolute Gasteiger partial charge is 0.193 e. The molecule has 0 bridgehead atoms. The second-order valence-electron chi connectivity index (χ2n) is 7.08. The SMILES string of the molecule is CCC1CN(C(=NC)NCCCCN2CCCC(C)C2)CCS1. The van der Waals surface area contributed by atoms with Gasteiger partial charge in [-0.15, -0.1) is 0 Å². The zero-order valence-electron chi connectivity index (χ0n) is 15.4. The monoisotopic (exact) mass is 340 g/mol. The molecule has 2 atom stereocenters. The van der Waals surface area contributed by atoms with Crippen molar-refractivity contribution >= 4 is 17.7 Å². The minimum absolute atomic E-state index is 0.767. The Morgan fingerprint density at radius 1 is 1.26 bits per heavy atom. The molecule has 2 saturated heterocycles. The average molecular weight is 341 g/mol. The van der Waals surface area contributed by atoms with Crippen molar-refractivity contribution < 1.29 is 0 Å². The molecule has 0 aromatic heterocycles. The van der Waals surface area contributed by atoms with Gasteiger partial charge in [-0.05, 0) is 51.1 Å². The molecule has 134 valence electrons. The maximum absolute atomic E-state index is 4.49. The molecule has 0 saturated carbocycles. The fraction of sp³-hybridized carbons (Fsp3) is 0.944. The lowest BCUT2D eigenvalue weighted by Gasteiger charge is -2.34. The van der Waals surface area contributed by atoms with Crippen LogP contribution in [0.2, 0.25) is 0 Å². The van der Waals surface area contributed by atoms with Crippen LogP contribution in [0.4, 0.5) is 0 Å². The van der Waals surface area contributed by atoms with Crippen molar-refractivity contribution in [2.24, 2.45) is 10.9 Å². The van der Waals surface area contributed by atoms with Crippen molar-refractivity contribution in [1.29, 1.82) is 0 Å². The number of likely N-dealkylation sites (tertiary alicyclic amines) is 1. The van der Waals surface area contributed by atoms with E-state index in [9.17, 15) is 0 Å². The lowest BCUT2D eigenvalue weighted by molar-refractivity contribution is 0.181. The quantitative estimate of drug-likeness (QED) is 0.458. The van der Waals surface area contributed by atoms with Crippen molar-refractivity contribution in [2.75, 3.05) is 52.1 Å². The zero-order valence-corrected chi connectivity index (χ0v) is 16.2. The average Bonchev–Trinajstić information content (AvgIpc) is 2.58. The van der Waals surface area contributed by atoms with E-state index in [1.165, 1.54) is 57.5 Å². The number of unbranched alkanes of at least 4 members (excludes halogenated alkanes) is 1. The van der Waals surface area contributed by atoms with Gasteiger partial charge in [-0.25, -0.2) is 0 Å². The van der Waals surface area contributed by atoms with Gasteiger partial charge >= 0.3 is 0 Å². The molecule has 0 aromatic carbocycles. The Kier molecular flexibility index (Phi) is 8.59. The van der Waals surface area contributed by atoms with Gasteiger partial charge < -0.3 is 15.1 Å². The highest BCUT2D eigenvalue weighted by atomic mass is 32.2. The molecule has 0 amide bonds. The van der Waals surface area contributed by atoms with Crippen molar-refractivity contribution in [3.63, 3.8) is 0 Å². The van der Waals surface area contributed by atoms with Crippen LogP contribution in [0.1, 0.15) is 46.0 Å². The van der Waals surface area contributed by atoms with Gasteiger partial charge in [0.05, 0.1) is 0 Å². The molecule has 0 spiro atoms. The molecule has 4 nitrogen and oxygen atoms in total. The molecule has 5 heteroatoms. The first-order valence-corrected chi connectivity index (χ1v) is 10.6. The van der Waals surface area contributed by atoms with Gasteiger partial charge in [-0.1, -0.05) is 13.8 Å². The standard InChI is InChI=1S/C18H36N4S/c1-4-17-15-22(12-13-23-17)18(19-3)20-9-5-6-10-21-11-7-8-16(2)14-21/h16-17H,4-15H2,1-3H3,(H,19,20). The Bertz CT molecular complexity index is 361. The Morgan fingerprint density at radius 3 is 2.87 bits per heavy atom. The molecular weight excluding hydrogens is 304 g/mol. The van der Waals surface area contributed by atoms with E-state index in [1.807, 2.05) is 7.05 Å². The molecular formula is C18H36N4S. The molecule has 2 heterocycles. The summed E-state index contributed by atoms with van der Waals surface area (Å²) in [5, 5.41) is 4.35. The highest BCUT2D eigenvalue weighted by Crippen LogP contribution is 2.21. The predicted octanol–water partition coefficient (Wildman–Crippen LogP) is 2.90. The number of nitrogens with zero attached hydrogens (tertiary/aromatic N) is 3. The van der Waals surface area contributed by atoms with Gasteiger partial charge in [-0.3, -0.25) is 4.99 Å². The first kappa shape index (κ1) is 18.9. The number of aliphatic imine (C=N–C) groups is 1. The maximum atomic E-state index is 4.49. The maximum Gasteiger partial charge on any atom is 0.193 e. The Labute approximate surface area is 147 Å². The molecule has 2 aliphatic rings. The van der Waals surface area contributed by atoms with E-state index in [0.717, 1.165) is 36.8 Å². The van der Waals surface area contributed by atoms with Crippen molar-refractivity contribution in [2.45, 2.75) is 51.2 Å². The number of rotatable bonds is 6. The van der Waals surface area contributed by atoms with Crippen LogP contribution in [0.3, 0.4) is 0 Å². The van der Waals surface area contributed by atoms with Crippen LogP contribution in [0.5, 0.6) is 0 Å². The highest BCUT2D eigenvalue weighted by Gasteiger charge is 2.21. The van der Waals surface area contributed by atoms with E-state index in [4.69, 9.17) is 0 Å². The summed E-state index contributed by atoms with van der Waals surface area (Å²) < 4.78 is 0. The third kappa shape index (κ3) is 6.54. The number of piperidine rings is 1. The van der Waals surface area contributed by atoms with Gasteiger partial charge in [-0.2, -0.15) is 11.8 Å². The van der Waals surface area contributed by atoms with Crippen LogP contribution in [-0.4, -0.2) is 73.1 Å². The minimum atomic E-state index is 0.767. The Morgan fingerprint density at radius 2 is 2.13 bits per heavy atom. The summed E-state index contributed by atoms with van der Waals surface area (Å²) in [4.78, 5) is 9.58. The molecule has 0 radical (unpaired) electrons. The molecule has 1 N–H and O–H groups in total. The summed E-state index contributed by atoms with van der Waals surface area (Å²) in [6.45, 7) is 11.9. The molecule has 0 aromatic rings. The third-order valence-electron chi connectivity index (χ3n) is 5.03. The summed E-state index contributed by atoms with van der Waals surface area (Å²) in [6, 6.07) is 0. The van der Waals surface area contributed by atoms with E-state index in [1.54, 1.807) is 0 Å². The number of thioether (sulfide) groups is 1. The van der Waals surface area contributed by atoms with Gasteiger partial charge in [0, 0.05) is 44.2 Å². The zero-order chi connectivity index (χ0) is 16.5. The molecule has 23 heavy (non-hydrogen) atoms. The normalized spacial score (nSPS) is 27.3. The second-order valence-corrected chi connectivity index (χ2v) is 8.48. The largest absolute Gasteiger partial charge is 0.356 e. The fourth-order valence-corrected chi connectivity index (χ4v) is 4.82. The number of hydrogen-bond donors (Lipinski definition) is 1. The Balaban J connectivity index is 1.60. The topological polar surface area (TPSA) is 30.9 Å². The lowest BCUT2D eigenvalue weighted by atomic mass is 10.0. The van der Waals surface area contributed by atoms with Crippen LogP contribution in [0.25, 0.3) is 0 Å². The molecule has 2 rings (SSSR count). The lowest BCUT2D eigenvalue weighted by Crippen LogP contribution is -2.48. The summed E-state index contributed by atoms with van der Waals surface area (Å²) in [7, 11) is 1.92. The van der Waals surface area contributed by atoms with E-state index in [2.05, 4.69) is 45.7 Å². The van der Waals surface area contributed by atoms with Crippen LogP contribution in [-0.2, 0) is 0 Å². The molecule has 0 aliphatic carbocycles. The van der Waals surface area contributed by atoms with E-state index < -0.39 is 0 Å². The van der Waals surface area contributed by atoms with Crippen LogP contribution in [0.15, 0.2) is 4.99 Å². The summed E-state index contributed by atoms with van der Waals surface area (Å²) >= 11 is 2.11. The summed E-state index contributed by atoms with van der Waals surface area (Å²) in [6.07, 6.45) is 6.60. The fourth-order valence-electron chi connectivity index (χ4n) is 3.64. The van der Waals surface area contributed by atoms with Gasteiger partial charge in [0.25, 0.3) is 0 Å². The first-order valence-electron chi connectivity index (χ1n) is 9.52. The molecule has 2 unspecified atom stereocenters. The van der Waals surface area contributed by atoms with Gasteiger partial charge in [0.15, 0.2) is 5.96 Å².